The number of nitrogens with zero attached hydrogens (tertiary/aromatic N) is 3. The Balaban J connectivity index is 1.79. The number of carboxylic acids is 1. The fourth-order valence-electron chi connectivity index (χ4n) is 5.34. The van der Waals surface area contributed by atoms with Crippen LogP contribution in [-0.2, 0) is 36.8 Å². The van der Waals surface area contributed by atoms with Gasteiger partial charge in [-0.25, -0.2) is 18.6 Å². The molecule has 0 fully saturated rings. The number of halogens is 5. The monoisotopic (exact) mass is 521 g/mol. The third-order valence-electron chi connectivity index (χ3n) is 6.94. The molecule has 0 saturated heterocycles. The lowest BCUT2D eigenvalue weighted by Crippen LogP contribution is -2.26. The van der Waals surface area contributed by atoms with Gasteiger partial charge >= 0.3 is 12.1 Å². The fourth-order valence-corrected chi connectivity index (χ4v) is 5.34. The first-order chi connectivity index (χ1) is 17.4. The van der Waals surface area contributed by atoms with Gasteiger partial charge in [0.2, 0.25) is 0 Å². The summed E-state index contributed by atoms with van der Waals surface area (Å²) in [7, 11) is 1.41. The Morgan fingerprint density at radius 1 is 1.19 bits per heavy atom. The van der Waals surface area contributed by atoms with Crippen LogP contribution >= 0.6 is 0 Å². The Hall–Kier alpha value is -3.47. The van der Waals surface area contributed by atoms with Gasteiger partial charge < -0.3 is 19.0 Å². The van der Waals surface area contributed by atoms with E-state index in [0.717, 1.165) is 17.3 Å². The van der Waals surface area contributed by atoms with Gasteiger partial charge in [-0.15, -0.1) is 0 Å². The molecule has 37 heavy (non-hydrogen) atoms. The molecular weight excluding hydrogens is 497 g/mol. The SMILES string of the molecule is CCn1c2c(c3cc(-c4nc5cc(C(=O)O)cc(C(F)(F)F)c5n4CCOC)ccc31)CC(F)(F)CC2. The quantitative estimate of drug-likeness (QED) is 0.309. The molecule has 11 heteroatoms. The second kappa shape index (κ2) is 8.83. The van der Waals surface area contributed by atoms with Crippen LogP contribution < -0.4 is 0 Å². The Morgan fingerprint density at radius 3 is 2.59 bits per heavy atom. The van der Waals surface area contributed by atoms with Crippen molar-refractivity contribution in [2.75, 3.05) is 13.7 Å². The lowest BCUT2D eigenvalue weighted by Gasteiger charge is -2.23. The zero-order chi connectivity index (χ0) is 26.7. The molecule has 5 rings (SSSR count). The maximum absolute atomic E-state index is 14.4. The Morgan fingerprint density at radius 2 is 1.95 bits per heavy atom. The molecule has 0 radical (unpaired) electrons. The molecule has 0 amide bonds. The first-order valence-electron chi connectivity index (χ1n) is 11.8. The van der Waals surface area contributed by atoms with Crippen LogP contribution in [0.5, 0.6) is 0 Å². The summed E-state index contributed by atoms with van der Waals surface area (Å²) in [5, 5.41) is 9.99. The van der Waals surface area contributed by atoms with Crippen LogP contribution in [0, 0.1) is 0 Å². The number of aryl methyl sites for hydroxylation is 1. The molecule has 4 aromatic rings. The van der Waals surface area contributed by atoms with E-state index in [1.165, 1.54) is 11.7 Å². The molecule has 0 spiro atoms. The number of benzene rings is 2. The van der Waals surface area contributed by atoms with E-state index in [9.17, 15) is 31.9 Å². The van der Waals surface area contributed by atoms with Gasteiger partial charge in [0, 0.05) is 55.2 Å². The van der Waals surface area contributed by atoms with Crippen molar-refractivity contribution in [1.29, 1.82) is 0 Å². The van der Waals surface area contributed by atoms with Gasteiger partial charge in [0.15, 0.2) is 0 Å². The Bertz CT molecular complexity index is 1530. The fraction of sp³-hybridized carbons (Fsp3) is 0.385. The number of fused-ring (bicyclic) bond motifs is 4. The number of methoxy groups -OCH3 is 1. The number of rotatable bonds is 6. The molecule has 1 aliphatic rings. The average molecular weight is 521 g/mol. The van der Waals surface area contributed by atoms with Crippen LogP contribution in [0.15, 0.2) is 30.3 Å². The van der Waals surface area contributed by atoms with E-state index in [1.807, 2.05) is 11.5 Å². The van der Waals surface area contributed by atoms with Gasteiger partial charge in [-0.2, -0.15) is 13.2 Å². The largest absolute Gasteiger partial charge is 0.478 e. The summed E-state index contributed by atoms with van der Waals surface area (Å²) in [5.74, 6) is -4.17. The van der Waals surface area contributed by atoms with Crippen LogP contribution in [0.2, 0.25) is 0 Å². The number of hydrogen-bond donors (Lipinski definition) is 1. The lowest BCUT2D eigenvalue weighted by molar-refractivity contribution is -0.136. The van der Waals surface area contributed by atoms with Crippen molar-refractivity contribution in [3.8, 4) is 11.4 Å². The van der Waals surface area contributed by atoms with Crippen molar-refractivity contribution in [2.24, 2.45) is 0 Å². The summed E-state index contributed by atoms with van der Waals surface area (Å²) in [6.45, 7) is 2.62. The van der Waals surface area contributed by atoms with Crippen LogP contribution in [0.1, 0.15) is 40.5 Å². The summed E-state index contributed by atoms with van der Waals surface area (Å²) in [4.78, 5) is 16.0. The van der Waals surface area contributed by atoms with Crippen LogP contribution in [0.4, 0.5) is 22.0 Å². The molecule has 1 N–H and O–H groups in total. The van der Waals surface area contributed by atoms with Gasteiger partial charge in [-0.3, -0.25) is 0 Å². The number of aromatic nitrogens is 3. The third-order valence-corrected chi connectivity index (χ3v) is 6.94. The van der Waals surface area contributed by atoms with E-state index in [2.05, 4.69) is 4.98 Å². The van der Waals surface area contributed by atoms with Crippen LogP contribution in [0.25, 0.3) is 33.3 Å². The van der Waals surface area contributed by atoms with E-state index in [1.54, 1.807) is 18.2 Å². The van der Waals surface area contributed by atoms with Gasteiger partial charge in [-0.05, 0) is 49.2 Å². The van der Waals surface area contributed by atoms with Crippen LogP contribution in [-0.4, -0.2) is 44.8 Å². The minimum absolute atomic E-state index is 0.0159. The molecule has 1 aliphatic carbocycles. The number of aromatic carboxylic acids is 1. The molecule has 0 saturated carbocycles. The average Bonchev–Trinajstić information content (AvgIpc) is 3.35. The van der Waals surface area contributed by atoms with Crippen molar-refractivity contribution in [3.63, 3.8) is 0 Å². The van der Waals surface area contributed by atoms with E-state index in [0.29, 0.717) is 29.1 Å². The molecule has 2 aromatic heterocycles. The van der Waals surface area contributed by atoms with Gasteiger partial charge in [0.1, 0.15) is 5.82 Å². The highest BCUT2D eigenvalue weighted by molar-refractivity contribution is 5.96. The highest BCUT2D eigenvalue weighted by Gasteiger charge is 2.38. The first-order valence-corrected chi connectivity index (χ1v) is 11.8. The maximum atomic E-state index is 14.4. The lowest BCUT2D eigenvalue weighted by atomic mass is 9.92. The first kappa shape index (κ1) is 25.2. The predicted octanol–water partition coefficient (Wildman–Crippen LogP) is 6.17. The van der Waals surface area contributed by atoms with E-state index in [4.69, 9.17) is 4.74 Å². The molecule has 0 bridgehead atoms. The number of ether oxygens (including phenoxy) is 1. The second-order valence-corrected chi connectivity index (χ2v) is 9.21. The van der Waals surface area contributed by atoms with E-state index in [-0.39, 0.29) is 42.9 Å². The zero-order valence-electron chi connectivity index (χ0n) is 20.1. The molecule has 196 valence electrons. The van der Waals surface area contributed by atoms with Gasteiger partial charge in [-0.1, -0.05) is 0 Å². The number of carboxylic acid groups (broad SMARTS) is 1. The summed E-state index contributed by atoms with van der Waals surface area (Å²) < 4.78 is 79.3. The van der Waals surface area contributed by atoms with Crippen molar-refractivity contribution in [1.82, 2.24) is 14.1 Å². The standard InChI is InChI=1S/C26H24F5N3O3/c1-3-33-20-5-4-14(10-16(20)17-13-25(27,28)7-6-21(17)33)23-32-19-12-15(24(35)36)11-18(26(29,30)31)22(19)34(23)8-9-37-2/h4-5,10-12H,3,6-9,13H2,1-2H3,(H,35,36). The van der Waals surface area contributed by atoms with Gasteiger partial charge in [0.05, 0.1) is 28.8 Å². The second-order valence-electron chi connectivity index (χ2n) is 9.21. The number of hydrogen-bond acceptors (Lipinski definition) is 3. The highest BCUT2D eigenvalue weighted by atomic mass is 19.4. The number of carbonyl (C=O) groups is 1. The molecule has 2 heterocycles. The molecule has 0 unspecified atom stereocenters. The molecule has 6 nitrogen and oxygen atoms in total. The molecule has 0 aliphatic heterocycles. The molecule has 0 atom stereocenters. The van der Waals surface area contributed by atoms with Crippen molar-refractivity contribution >= 4 is 27.9 Å². The van der Waals surface area contributed by atoms with Gasteiger partial charge in [0.25, 0.3) is 5.92 Å². The minimum Gasteiger partial charge on any atom is -0.478 e. The summed E-state index contributed by atoms with van der Waals surface area (Å²) in [6.07, 6.45) is -5.24. The summed E-state index contributed by atoms with van der Waals surface area (Å²) in [6, 6.07) is 6.88. The van der Waals surface area contributed by atoms with E-state index >= 15 is 0 Å². The molecular formula is C26H24F5N3O3. The molecule has 2 aromatic carbocycles. The highest BCUT2D eigenvalue weighted by Crippen LogP contribution is 2.41. The smallest absolute Gasteiger partial charge is 0.418 e. The van der Waals surface area contributed by atoms with Crippen molar-refractivity contribution in [3.05, 3.63) is 52.7 Å². The number of alkyl halides is 5. The van der Waals surface area contributed by atoms with Crippen molar-refractivity contribution < 1.29 is 36.6 Å². The normalized spacial score (nSPS) is 15.4. The topological polar surface area (TPSA) is 69.3 Å². The van der Waals surface area contributed by atoms with Crippen molar-refractivity contribution in [2.45, 2.75) is 51.4 Å². The predicted molar refractivity (Wildman–Crippen MR) is 127 cm³/mol. The zero-order valence-corrected chi connectivity index (χ0v) is 20.1. The minimum atomic E-state index is -4.83. The third kappa shape index (κ3) is 4.24. The Labute approximate surface area is 208 Å². The maximum Gasteiger partial charge on any atom is 0.418 e. The van der Waals surface area contributed by atoms with E-state index < -0.39 is 35.6 Å². The number of imidazole rings is 1. The Kier molecular flexibility index (Phi) is 6.01. The summed E-state index contributed by atoms with van der Waals surface area (Å²) in [5.41, 5.74) is 0.564. The summed E-state index contributed by atoms with van der Waals surface area (Å²) >= 11 is 0. The van der Waals surface area contributed by atoms with Crippen LogP contribution in [0.3, 0.4) is 0 Å².